The van der Waals surface area contributed by atoms with Crippen LogP contribution in [0, 0.1) is 11.3 Å². The zero-order valence-corrected chi connectivity index (χ0v) is 6.01. The highest BCUT2D eigenvalue weighted by molar-refractivity contribution is 6.30. The van der Waals surface area contributed by atoms with Crippen molar-refractivity contribution in [2.75, 3.05) is 0 Å². The summed E-state index contributed by atoms with van der Waals surface area (Å²) in [6.07, 6.45) is 0. The summed E-state index contributed by atoms with van der Waals surface area (Å²) >= 11 is 5.40. The van der Waals surface area contributed by atoms with Gasteiger partial charge in [0.15, 0.2) is 0 Å². The van der Waals surface area contributed by atoms with Crippen LogP contribution in [0.5, 0.6) is 5.75 Å². The van der Waals surface area contributed by atoms with E-state index in [4.69, 9.17) is 22.0 Å². The second kappa shape index (κ2) is 2.64. The smallest absolute Gasteiger partial charge is 0.252 e. The number of nitrogens with one attached hydrogen (secondary N) is 1. The van der Waals surface area contributed by atoms with Gasteiger partial charge >= 0.3 is 0 Å². The van der Waals surface area contributed by atoms with E-state index in [0.29, 0.717) is 0 Å². The molecule has 0 aliphatic heterocycles. The number of nitrogens with zero attached hydrogens (tertiary/aromatic N) is 1. The minimum Gasteiger partial charge on any atom is -0.506 e. The number of hydrogen-bond donors (Lipinski definition) is 2. The summed E-state index contributed by atoms with van der Waals surface area (Å²) in [6, 6.07) is 2.53. The van der Waals surface area contributed by atoms with Crippen LogP contribution in [0.25, 0.3) is 0 Å². The maximum atomic E-state index is 10.6. The lowest BCUT2D eigenvalue weighted by atomic mass is 10.3. The van der Waals surface area contributed by atoms with Gasteiger partial charge in [-0.15, -0.1) is 0 Å². The molecule has 1 rings (SSSR count). The predicted molar refractivity (Wildman–Crippen MR) is 38.5 cm³/mol. The molecule has 56 valence electrons. The number of halogens is 1. The lowest BCUT2D eigenvalue weighted by Gasteiger charge is -1.95. The Labute approximate surface area is 66.7 Å². The maximum absolute atomic E-state index is 10.6. The van der Waals surface area contributed by atoms with Gasteiger partial charge in [0.2, 0.25) is 0 Å². The van der Waals surface area contributed by atoms with Gasteiger partial charge in [0.05, 0.1) is 0 Å². The molecular formula is C6H3ClN2O2. The molecule has 0 amide bonds. The average molecular weight is 171 g/mol. The lowest BCUT2D eigenvalue weighted by Crippen LogP contribution is -2.04. The molecule has 4 nitrogen and oxygen atoms in total. The summed E-state index contributed by atoms with van der Waals surface area (Å²) < 4.78 is 0. The van der Waals surface area contributed by atoms with Gasteiger partial charge in [0, 0.05) is 6.07 Å². The highest BCUT2D eigenvalue weighted by Crippen LogP contribution is 2.18. The number of aromatic amines is 1. The number of aromatic hydroxyl groups is 1. The average Bonchev–Trinajstić information content (AvgIpc) is 1.85. The zero-order valence-electron chi connectivity index (χ0n) is 5.26. The van der Waals surface area contributed by atoms with Crippen LogP contribution >= 0.6 is 11.6 Å². The Balaban J connectivity index is 3.52. The number of H-pyrrole nitrogens is 1. The first-order valence-electron chi connectivity index (χ1n) is 2.67. The van der Waals surface area contributed by atoms with Gasteiger partial charge in [0.25, 0.3) is 5.56 Å². The third-order valence-corrected chi connectivity index (χ3v) is 1.37. The second-order valence-corrected chi connectivity index (χ2v) is 2.20. The first kappa shape index (κ1) is 7.63. The topological polar surface area (TPSA) is 76.9 Å². The Hall–Kier alpha value is -1.47. The quantitative estimate of drug-likeness (QED) is 0.560. The number of pyridine rings is 1. The van der Waals surface area contributed by atoms with Crippen molar-refractivity contribution >= 4 is 11.6 Å². The Morgan fingerprint density at radius 1 is 1.73 bits per heavy atom. The van der Waals surface area contributed by atoms with E-state index in [1.54, 1.807) is 6.07 Å². The van der Waals surface area contributed by atoms with Crippen molar-refractivity contribution < 1.29 is 5.11 Å². The van der Waals surface area contributed by atoms with Gasteiger partial charge < -0.3 is 10.1 Å². The summed E-state index contributed by atoms with van der Waals surface area (Å²) in [5.74, 6) is -0.402. The van der Waals surface area contributed by atoms with E-state index in [1.807, 2.05) is 0 Å². The summed E-state index contributed by atoms with van der Waals surface area (Å²) in [4.78, 5) is 12.7. The molecule has 0 spiro atoms. The van der Waals surface area contributed by atoms with Crippen LogP contribution in [0.2, 0.25) is 5.15 Å². The van der Waals surface area contributed by atoms with Crippen LogP contribution in [0.1, 0.15) is 5.56 Å². The fourth-order valence-electron chi connectivity index (χ4n) is 0.622. The van der Waals surface area contributed by atoms with Crippen molar-refractivity contribution in [2.45, 2.75) is 0 Å². The molecule has 5 heteroatoms. The molecule has 1 aromatic rings. The Kier molecular flexibility index (Phi) is 1.83. The van der Waals surface area contributed by atoms with Gasteiger partial charge in [-0.05, 0) is 0 Å². The normalized spacial score (nSPS) is 9.09. The SMILES string of the molecule is N#Cc1c(O)cc(=O)[nH]c1Cl. The molecule has 0 aliphatic rings. The first-order valence-corrected chi connectivity index (χ1v) is 3.05. The third kappa shape index (κ3) is 1.33. The Morgan fingerprint density at radius 3 is 2.82 bits per heavy atom. The minimum absolute atomic E-state index is 0.119. The molecule has 0 saturated heterocycles. The number of aromatic nitrogens is 1. The van der Waals surface area contributed by atoms with Crippen molar-refractivity contribution in [3.8, 4) is 11.8 Å². The summed E-state index contributed by atoms with van der Waals surface area (Å²) in [5.41, 5.74) is -0.655. The molecule has 0 unspecified atom stereocenters. The predicted octanol–water partition coefficient (Wildman–Crippen LogP) is 0.606. The van der Waals surface area contributed by atoms with E-state index in [0.717, 1.165) is 6.07 Å². The van der Waals surface area contributed by atoms with Crippen LogP contribution < -0.4 is 5.56 Å². The van der Waals surface area contributed by atoms with Crippen molar-refractivity contribution in [2.24, 2.45) is 0 Å². The minimum atomic E-state index is -0.536. The van der Waals surface area contributed by atoms with Crippen LogP contribution in [0.4, 0.5) is 0 Å². The molecule has 0 atom stereocenters. The van der Waals surface area contributed by atoms with Crippen molar-refractivity contribution in [1.29, 1.82) is 5.26 Å². The van der Waals surface area contributed by atoms with E-state index in [1.165, 1.54) is 0 Å². The molecule has 11 heavy (non-hydrogen) atoms. The van der Waals surface area contributed by atoms with E-state index in [-0.39, 0.29) is 10.7 Å². The van der Waals surface area contributed by atoms with Crippen molar-refractivity contribution in [3.63, 3.8) is 0 Å². The molecule has 2 N–H and O–H groups in total. The second-order valence-electron chi connectivity index (χ2n) is 1.82. The van der Waals surface area contributed by atoms with Gasteiger partial charge in [-0.3, -0.25) is 4.79 Å². The van der Waals surface area contributed by atoms with Gasteiger partial charge in [-0.25, -0.2) is 0 Å². The van der Waals surface area contributed by atoms with Crippen LogP contribution in [0.3, 0.4) is 0 Å². The van der Waals surface area contributed by atoms with Gasteiger partial charge in [-0.1, -0.05) is 11.6 Å². The van der Waals surface area contributed by atoms with Crippen LogP contribution in [-0.4, -0.2) is 10.1 Å². The van der Waals surface area contributed by atoms with E-state index >= 15 is 0 Å². The number of nitriles is 1. The monoisotopic (exact) mass is 170 g/mol. The molecule has 0 fully saturated rings. The van der Waals surface area contributed by atoms with Gasteiger partial charge in [-0.2, -0.15) is 5.26 Å². The summed E-state index contributed by atoms with van der Waals surface area (Å²) in [5, 5.41) is 17.2. The first-order chi connectivity index (χ1) is 5.15. The van der Waals surface area contributed by atoms with E-state index in [2.05, 4.69) is 4.98 Å². The number of rotatable bonds is 0. The van der Waals surface area contributed by atoms with E-state index < -0.39 is 11.3 Å². The fraction of sp³-hybridized carbons (Fsp3) is 0. The summed E-state index contributed by atoms with van der Waals surface area (Å²) in [7, 11) is 0. The molecule has 0 aromatic carbocycles. The molecule has 0 bridgehead atoms. The Bertz CT molecular complexity index is 351. The summed E-state index contributed by atoms with van der Waals surface area (Å²) in [6.45, 7) is 0. The standard InChI is InChI=1S/C6H3ClN2O2/c7-6-3(2-8)4(10)1-5(11)9-6/h1H,(H2,9,10,11). The highest BCUT2D eigenvalue weighted by atomic mass is 35.5. The highest BCUT2D eigenvalue weighted by Gasteiger charge is 2.06. The number of hydrogen-bond acceptors (Lipinski definition) is 3. The molecular weight excluding hydrogens is 168 g/mol. The molecule has 1 aromatic heterocycles. The fourth-order valence-corrected chi connectivity index (χ4v) is 0.854. The lowest BCUT2D eigenvalue weighted by molar-refractivity contribution is 0.472. The van der Waals surface area contributed by atoms with Crippen LogP contribution in [-0.2, 0) is 0 Å². The molecule has 0 saturated carbocycles. The maximum Gasteiger partial charge on any atom is 0.252 e. The van der Waals surface area contributed by atoms with Gasteiger partial charge in [0.1, 0.15) is 22.5 Å². The largest absolute Gasteiger partial charge is 0.506 e. The van der Waals surface area contributed by atoms with E-state index in [9.17, 15) is 4.79 Å². The zero-order chi connectivity index (χ0) is 8.43. The third-order valence-electron chi connectivity index (χ3n) is 1.09. The molecule has 1 heterocycles. The van der Waals surface area contributed by atoms with Crippen molar-refractivity contribution in [3.05, 3.63) is 27.1 Å². The van der Waals surface area contributed by atoms with Crippen LogP contribution in [0.15, 0.2) is 10.9 Å². The molecule has 0 aliphatic carbocycles. The Morgan fingerprint density at radius 2 is 2.36 bits per heavy atom. The van der Waals surface area contributed by atoms with Crippen molar-refractivity contribution in [1.82, 2.24) is 4.98 Å². The molecule has 0 radical (unpaired) electrons.